The van der Waals surface area contributed by atoms with Crippen LogP contribution >= 0.6 is 11.6 Å². The first-order valence-corrected chi connectivity index (χ1v) is 8.54. The monoisotopic (exact) mass is 363 g/mol. The fourth-order valence-corrected chi connectivity index (χ4v) is 2.87. The highest BCUT2D eigenvalue weighted by atomic mass is 35.5. The van der Waals surface area contributed by atoms with E-state index >= 15 is 0 Å². The van der Waals surface area contributed by atoms with Gasteiger partial charge in [-0.05, 0) is 36.6 Å². The first-order chi connectivity index (χ1) is 12.0. The molecule has 25 heavy (non-hydrogen) atoms. The number of carbonyl (C=O) groups excluding carboxylic acids is 2. The van der Waals surface area contributed by atoms with E-state index in [0.29, 0.717) is 36.5 Å². The second-order valence-corrected chi connectivity index (χ2v) is 6.04. The molecule has 1 aliphatic rings. The molecular formula is C19H22ClNO4. The zero-order valence-corrected chi connectivity index (χ0v) is 15.4. The summed E-state index contributed by atoms with van der Waals surface area (Å²) in [6.45, 7) is 2.33. The van der Waals surface area contributed by atoms with Crippen molar-refractivity contribution in [3.63, 3.8) is 0 Å². The Labute approximate surface area is 152 Å². The van der Waals surface area contributed by atoms with Crippen molar-refractivity contribution in [2.75, 3.05) is 20.8 Å². The molecule has 1 heterocycles. The highest BCUT2D eigenvalue weighted by molar-refractivity contribution is 6.43. The van der Waals surface area contributed by atoms with Crippen molar-refractivity contribution >= 4 is 29.5 Å². The molecule has 2 rings (SSSR count). The van der Waals surface area contributed by atoms with Gasteiger partial charge in [0, 0.05) is 12.1 Å². The van der Waals surface area contributed by atoms with E-state index in [-0.39, 0.29) is 10.9 Å². The van der Waals surface area contributed by atoms with Gasteiger partial charge in [-0.2, -0.15) is 0 Å². The first-order valence-electron chi connectivity index (χ1n) is 8.16. The number of benzene rings is 1. The van der Waals surface area contributed by atoms with Gasteiger partial charge in [-0.15, -0.1) is 0 Å². The van der Waals surface area contributed by atoms with Crippen LogP contribution in [0, 0.1) is 0 Å². The molecule has 0 spiro atoms. The van der Waals surface area contributed by atoms with Crippen molar-refractivity contribution in [2.45, 2.75) is 26.2 Å². The number of ether oxygens (including phenoxy) is 2. The Kier molecular flexibility index (Phi) is 6.65. The van der Waals surface area contributed by atoms with E-state index < -0.39 is 5.91 Å². The summed E-state index contributed by atoms with van der Waals surface area (Å²) in [5.74, 6) is 0.464. The van der Waals surface area contributed by atoms with E-state index in [0.717, 1.165) is 12.0 Å². The van der Waals surface area contributed by atoms with Crippen LogP contribution in [-0.4, -0.2) is 37.5 Å². The van der Waals surface area contributed by atoms with Crippen LogP contribution in [-0.2, 0) is 9.59 Å². The molecule has 0 unspecified atom stereocenters. The van der Waals surface area contributed by atoms with Crippen molar-refractivity contribution in [1.29, 1.82) is 0 Å². The topological polar surface area (TPSA) is 55.8 Å². The maximum Gasteiger partial charge on any atom is 0.271 e. The lowest BCUT2D eigenvalue weighted by Gasteiger charge is -2.24. The largest absolute Gasteiger partial charge is 0.493 e. The van der Waals surface area contributed by atoms with Gasteiger partial charge in [0.05, 0.1) is 14.2 Å². The molecule has 0 atom stereocenters. The summed E-state index contributed by atoms with van der Waals surface area (Å²) >= 11 is 5.89. The van der Waals surface area contributed by atoms with E-state index in [9.17, 15) is 9.59 Å². The summed E-state index contributed by atoms with van der Waals surface area (Å²) in [7, 11) is 3.13. The van der Waals surface area contributed by atoms with Gasteiger partial charge in [0.25, 0.3) is 11.8 Å². The number of hydrogen-bond donors (Lipinski definition) is 0. The smallest absolute Gasteiger partial charge is 0.271 e. The van der Waals surface area contributed by atoms with Gasteiger partial charge in [0.15, 0.2) is 11.5 Å². The van der Waals surface area contributed by atoms with Crippen molar-refractivity contribution < 1.29 is 19.1 Å². The van der Waals surface area contributed by atoms with Gasteiger partial charge in [0.2, 0.25) is 0 Å². The average molecular weight is 364 g/mol. The molecule has 0 N–H and O–H groups in total. The minimum absolute atomic E-state index is 0.0987. The molecule has 5 nitrogen and oxygen atoms in total. The second-order valence-electron chi connectivity index (χ2n) is 5.64. The number of rotatable bonds is 6. The number of amides is 2. The fourth-order valence-electron chi connectivity index (χ4n) is 2.66. The SMILES string of the molecule is CCC/C(=C\c1ccc(OC)c(OC)c1)C(=O)N1CCC=C(Cl)C1=O. The van der Waals surface area contributed by atoms with Crippen LogP contribution < -0.4 is 9.47 Å². The number of hydrogen-bond acceptors (Lipinski definition) is 4. The third-order valence-electron chi connectivity index (χ3n) is 3.91. The first kappa shape index (κ1) is 19.1. The molecule has 0 radical (unpaired) electrons. The normalized spacial score (nSPS) is 15.0. The van der Waals surface area contributed by atoms with E-state index in [2.05, 4.69) is 0 Å². The lowest BCUT2D eigenvalue weighted by molar-refractivity contribution is -0.140. The van der Waals surface area contributed by atoms with Crippen LogP contribution in [0.3, 0.4) is 0 Å². The lowest BCUT2D eigenvalue weighted by atomic mass is 10.0. The Morgan fingerprint density at radius 1 is 1.28 bits per heavy atom. The molecule has 2 amide bonds. The zero-order chi connectivity index (χ0) is 18.4. The Hall–Kier alpha value is -2.27. The molecule has 1 aliphatic heterocycles. The molecule has 0 saturated heterocycles. The molecule has 0 aliphatic carbocycles. The van der Waals surface area contributed by atoms with Crippen molar-refractivity contribution in [3.8, 4) is 11.5 Å². The van der Waals surface area contributed by atoms with Crippen LogP contribution in [0.15, 0.2) is 34.9 Å². The predicted octanol–water partition coefficient (Wildman–Crippen LogP) is 3.77. The molecule has 1 aromatic carbocycles. The van der Waals surface area contributed by atoms with Gasteiger partial charge < -0.3 is 9.47 Å². The van der Waals surface area contributed by atoms with Gasteiger partial charge in [-0.25, -0.2) is 0 Å². The van der Waals surface area contributed by atoms with Gasteiger partial charge in [-0.3, -0.25) is 14.5 Å². The number of nitrogens with zero attached hydrogens (tertiary/aromatic N) is 1. The maximum atomic E-state index is 12.8. The summed E-state index contributed by atoms with van der Waals surface area (Å²) in [5, 5.41) is 0.0987. The number of methoxy groups -OCH3 is 2. The average Bonchev–Trinajstić information content (AvgIpc) is 2.63. The van der Waals surface area contributed by atoms with Crippen LogP contribution in [0.4, 0.5) is 0 Å². The Balaban J connectivity index is 2.34. The lowest BCUT2D eigenvalue weighted by Crippen LogP contribution is -2.40. The Morgan fingerprint density at radius 3 is 2.64 bits per heavy atom. The molecule has 0 fully saturated rings. The molecular weight excluding hydrogens is 342 g/mol. The zero-order valence-electron chi connectivity index (χ0n) is 14.7. The van der Waals surface area contributed by atoms with E-state index in [1.165, 1.54) is 4.90 Å². The maximum absolute atomic E-state index is 12.8. The molecule has 0 saturated carbocycles. The Morgan fingerprint density at radius 2 is 2.00 bits per heavy atom. The highest BCUT2D eigenvalue weighted by Crippen LogP contribution is 2.29. The van der Waals surface area contributed by atoms with Gasteiger partial charge in [-0.1, -0.05) is 37.1 Å². The van der Waals surface area contributed by atoms with Crippen molar-refractivity contribution in [1.82, 2.24) is 4.90 Å². The van der Waals surface area contributed by atoms with Crippen LogP contribution in [0.25, 0.3) is 6.08 Å². The Bertz CT molecular complexity index is 724. The highest BCUT2D eigenvalue weighted by Gasteiger charge is 2.28. The van der Waals surface area contributed by atoms with E-state index in [1.807, 2.05) is 13.0 Å². The number of imide groups is 1. The van der Waals surface area contributed by atoms with Gasteiger partial charge in [0.1, 0.15) is 5.03 Å². The van der Waals surface area contributed by atoms with Gasteiger partial charge >= 0.3 is 0 Å². The third-order valence-corrected chi connectivity index (χ3v) is 4.23. The minimum Gasteiger partial charge on any atom is -0.493 e. The number of halogens is 1. The summed E-state index contributed by atoms with van der Waals surface area (Å²) in [4.78, 5) is 26.2. The molecule has 0 aromatic heterocycles. The molecule has 0 bridgehead atoms. The van der Waals surface area contributed by atoms with Crippen molar-refractivity contribution in [2.24, 2.45) is 0 Å². The summed E-state index contributed by atoms with van der Waals surface area (Å²) < 4.78 is 10.5. The summed E-state index contributed by atoms with van der Waals surface area (Å²) in [6.07, 6.45) is 5.36. The fraction of sp³-hybridized carbons (Fsp3) is 0.368. The van der Waals surface area contributed by atoms with Crippen LogP contribution in [0.5, 0.6) is 11.5 Å². The summed E-state index contributed by atoms with van der Waals surface area (Å²) in [6, 6.07) is 5.42. The molecule has 1 aromatic rings. The van der Waals surface area contributed by atoms with Crippen molar-refractivity contribution in [3.05, 3.63) is 40.4 Å². The van der Waals surface area contributed by atoms with E-state index in [4.69, 9.17) is 21.1 Å². The standard InChI is InChI=1S/C19H22ClNO4/c1-4-6-14(18(22)21-10-5-7-15(20)19(21)23)11-13-8-9-16(24-2)17(12-13)25-3/h7-9,11-12H,4-6,10H2,1-3H3/b14-11+. The molecule has 134 valence electrons. The molecule has 6 heteroatoms. The predicted molar refractivity (Wildman–Crippen MR) is 97.7 cm³/mol. The van der Waals surface area contributed by atoms with E-state index in [1.54, 1.807) is 38.5 Å². The minimum atomic E-state index is -0.438. The quantitative estimate of drug-likeness (QED) is 0.722. The summed E-state index contributed by atoms with van der Waals surface area (Å²) in [5.41, 5.74) is 1.37. The van der Waals surface area contributed by atoms with Crippen LogP contribution in [0.1, 0.15) is 31.7 Å². The second kappa shape index (κ2) is 8.72. The number of carbonyl (C=O) groups is 2. The third kappa shape index (κ3) is 4.42. The van der Waals surface area contributed by atoms with Crippen LogP contribution in [0.2, 0.25) is 0 Å².